The zero-order valence-electron chi connectivity index (χ0n) is 8.59. The maximum absolute atomic E-state index is 13.4. The van der Waals surface area contributed by atoms with Gasteiger partial charge in [0.15, 0.2) is 11.6 Å². The van der Waals surface area contributed by atoms with Crippen LogP contribution in [0.5, 0.6) is 11.6 Å². The van der Waals surface area contributed by atoms with Crippen LogP contribution >= 0.6 is 0 Å². The van der Waals surface area contributed by atoms with E-state index < -0.39 is 5.82 Å². The lowest BCUT2D eigenvalue weighted by atomic mass is 10.3. The van der Waals surface area contributed by atoms with Gasteiger partial charge in [-0.25, -0.2) is 14.4 Å². The average Bonchev–Trinajstić information content (AvgIpc) is 2.34. The number of nitrogens with zero attached hydrogens (tertiary/aromatic N) is 3. The van der Waals surface area contributed by atoms with Gasteiger partial charge in [0.25, 0.3) is 5.88 Å². The fourth-order valence-electron chi connectivity index (χ4n) is 1.21. The van der Waals surface area contributed by atoms with Gasteiger partial charge in [0.05, 0.1) is 5.69 Å². The molecule has 0 spiro atoms. The predicted octanol–water partition coefficient (Wildman–Crippen LogP) is 1.86. The minimum atomic E-state index is -0.625. The van der Waals surface area contributed by atoms with Gasteiger partial charge in [0.2, 0.25) is 5.69 Å². The SMILES string of the molecule is N#Cc1nccnc1Oc1c(N)cccc1F. The van der Waals surface area contributed by atoms with Crippen LogP contribution in [0.1, 0.15) is 5.69 Å². The van der Waals surface area contributed by atoms with Crippen LogP contribution in [0.4, 0.5) is 10.1 Å². The predicted molar refractivity (Wildman–Crippen MR) is 57.6 cm³/mol. The van der Waals surface area contributed by atoms with Gasteiger partial charge in [0, 0.05) is 12.4 Å². The number of nitriles is 1. The van der Waals surface area contributed by atoms with Crippen LogP contribution in [-0.2, 0) is 0 Å². The van der Waals surface area contributed by atoms with Crippen molar-refractivity contribution >= 4 is 5.69 Å². The summed E-state index contributed by atoms with van der Waals surface area (Å²) in [5.74, 6) is -0.865. The first-order valence-corrected chi connectivity index (χ1v) is 4.65. The zero-order chi connectivity index (χ0) is 12.3. The Hall–Kier alpha value is -2.68. The first kappa shape index (κ1) is 10.8. The Morgan fingerprint density at radius 1 is 1.29 bits per heavy atom. The molecule has 0 bridgehead atoms. The fraction of sp³-hybridized carbons (Fsp3) is 0. The molecule has 17 heavy (non-hydrogen) atoms. The number of halogens is 1. The summed E-state index contributed by atoms with van der Waals surface area (Å²) in [5.41, 5.74) is 5.66. The van der Waals surface area contributed by atoms with Crippen molar-refractivity contribution in [1.29, 1.82) is 5.26 Å². The van der Waals surface area contributed by atoms with Crippen LogP contribution in [0.3, 0.4) is 0 Å². The Bertz CT molecular complexity index is 574. The standard InChI is InChI=1S/C11H7FN4O/c12-7-2-1-3-8(14)10(7)17-11-9(6-13)15-4-5-16-11/h1-5H,14H2. The first-order valence-electron chi connectivity index (χ1n) is 4.65. The summed E-state index contributed by atoms with van der Waals surface area (Å²) < 4.78 is 18.6. The number of anilines is 1. The summed E-state index contributed by atoms with van der Waals surface area (Å²) in [7, 11) is 0. The molecule has 5 nitrogen and oxygen atoms in total. The van der Waals surface area contributed by atoms with E-state index in [1.165, 1.54) is 30.6 Å². The lowest BCUT2D eigenvalue weighted by Gasteiger charge is -2.08. The van der Waals surface area contributed by atoms with E-state index in [1.807, 2.05) is 0 Å². The highest BCUT2D eigenvalue weighted by molar-refractivity contribution is 5.54. The quantitative estimate of drug-likeness (QED) is 0.796. The second kappa shape index (κ2) is 4.45. The van der Waals surface area contributed by atoms with E-state index in [-0.39, 0.29) is 23.0 Å². The van der Waals surface area contributed by atoms with Crippen LogP contribution in [0.2, 0.25) is 0 Å². The third kappa shape index (κ3) is 2.13. The fourth-order valence-corrected chi connectivity index (χ4v) is 1.21. The van der Waals surface area contributed by atoms with Gasteiger partial charge in [-0.15, -0.1) is 0 Å². The van der Waals surface area contributed by atoms with Gasteiger partial charge in [0.1, 0.15) is 6.07 Å². The molecule has 2 aromatic rings. The van der Waals surface area contributed by atoms with Gasteiger partial charge >= 0.3 is 0 Å². The number of rotatable bonds is 2. The highest BCUT2D eigenvalue weighted by atomic mass is 19.1. The molecule has 2 N–H and O–H groups in total. The van der Waals surface area contributed by atoms with Crippen molar-refractivity contribution in [2.75, 3.05) is 5.73 Å². The normalized spacial score (nSPS) is 9.65. The van der Waals surface area contributed by atoms with E-state index >= 15 is 0 Å². The second-order valence-corrected chi connectivity index (χ2v) is 3.08. The second-order valence-electron chi connectivity index (χ2n) is 3.08. The number of hydrogen-bond donors (Lipinski definition) is 1. The van der Waals surface area contributed by atoms with Crippen LogP contribution in [0.15, 0.2) is 30.6 Å². The molecule has 0 unspecified atom stereocenters. The van der Waals surface area contributed by atoms with Gasteiger partial charge in [-0.2, -0.15) is 5.26 Å². The van der Waals surface area contributed by atoms with Crippen molar-refractivity contribution in [2.45, 2.75) is 0 Å². The van der Waals surface area contributed by atoms with E-state index in [0.717, 1.165) is 0 Å². The number of benzene rings is 1. The lowest BCUT2D eigenvalue weighted by Crippen LogP contribution is -1.99. The molecule has 0 amide bonds. The van der Waals surface area contributed by atoms with Crippen molar-refractivity contribution in [3.63, 3.8) is 0 Å². The van der Waals surface area contributed by atoms with Crippen molar-refractivity contribution in [1.82, 2.24) is 9.97 Å². The number of nitrogens with two attached hydrogens (primary N) is 1. The number of ether oxygens (including phenoxy) is 1. The van der Waals surface area contributed by atoms with Crippen molar-refractivity contribution < 1.29 is 9.13 Å². The largest absolute Gasteiger partial charge is 0.431 e. The summed E-state index contributed by atoms with van der Waals surface area (Å²) in [4.78, 5) is 7.54. The van der Waals surface area contributed by atoms with Gasteiger partial charge in [-0.3, -0.25) is 0 Å². The Morgan fingerprint density at radius 2 is 2.06 bits per heavy atom. The number of para-hydroxylation sites is 1. The summed E-state index contributed by atoms with van der Waals surface area (Å²) in [5, 5.41) is 8.78. The molecule has 6 heteroatoms. The molecule has 2 rings (SSSR count). The van der Waals surface area contributed by atoms with Crippen LogP contribution in [0.25, 0.3) is 0 Å². The minimum Gasteiger partial charge on any atom is -0.431 e. The van der Waals surface area contributed by atoms with Crippen LogP contribution in [-0.4, -0.2) is 9.97 Å². The summed E-state index contributed by atoms with van der Waals surface area (Å²) >= 11 is 0. The monoisotopic (exact) mass is 230 g/mol. The molecule has 1 aromatic heterocycles. The molecular weight excluding hydrogens is 223 g/mol. The molecule has 0 saturated carbocycles. The van der Waals surface area contributed by atoms with E-state index in [1.54, 1.807) is 6.07 Å². The van der Waals surface area contributed by atoms with Crippen LogP contribution < -0.4 is 10.5 Å². The molecule has 0 aliphatic carbocycles. The van der Waals surface area contributed by atoms with Crippen molar-refractivity contribution in [3.8, 4) is 17.7 Å². The molecular formula is C11H7FN4O. The highest BCUT2D eigenvalue weighted by Gasteiger charge is 2.12. The van der Waals surface area contributed by atoms with Gasteiger partial charge in [-0.1, -0.05) is 6.07 Å². The number of hydrogen-bond acceptors (Lipinski definition) is 5. The minimum absolute atomic E-state index is 0.0323. The number of aromatic nitrogens is 2. The van der Waals surface area contributed by atoms with E-state index in [9.17, 15) is 4.39 Å². The molecule has 1 aromatic carbocycles. The highest BCUT2D eigenvalue weighted by Crippen LogP contribution is 2.29. The average molecular weight is 230 g/mol. The van der Waals surface area contributed by atoms with Crippen molar-refractivity contribution in [2.24, 2.45) is 0 Å². The Morgan fingerprint density at radius 3 is 2.76 bits per heavy atom. The molecule has 1 heterocycles. The molecule has 84 valence electrons. The maximum Gasteiger partial charge on any atom is 0.256 e. The smallest absolute Gasteiger partial charge is 0.256 e. The molecule has 0 aliphatic rings. The molecule has 0 saturated heterocycles. The molecule has 0 fully saturated rings. The maximum atomic E-state index is 13.4. The summed E-state index contributed by atoms with van der Waals surface area (Å²) in [6.45, 7) is 0. The molecule has 0 atom stereocenters. The van der Waals surface area contributed by atoms with E-state index in [2.05, 4.69) is 9.97 Å². The lowest BCUT2D eigenvalue weighted by molar-refractivity contribution is 0.426. The third-order valence-electron chi connectivity index (χ3n) is 1.97. The van der Waals surface area contributed by atoms with E-state index in [0.29, 0.717) is 0 Å². The van der Waals surface area contributed by atoms with E-state index in [4.69, 9.17) is 15.7 Å². The Kier molecular flexibility index (Phi) is 2.83. The Balaban J connectivity index is 2.42. The summed E-state index contributed by atoms with van der Waals surface area (Å²) in [6, 6.07) is 5.94. The first-order chi connectivity index (χ1) is 8.22. The molecule has 0 radical (unpaired) electrons. The van der Waals surface area contributed by atoms with Gasteiger partial charge in [-0.05, 0) is 12.1 Å². The molecule has 0 aliphatic heterocycles. The number of nitrogen functional groups attached to an aromatic ring is 1. The van der Waals surface area contributed by atoms with Crippen LogP contribution in [0, 0.1) is 17.1 Å². The summed E-state index contributed by atoms with van der Waals surface area (Å²) in [6.07, 6.45) is 2.68. The zero-order valence-corrected chi connectivity index (χ0v) is 8.59. The third-order valence-corrected chi connectivity index (χ3v) is 1.97. The topological polar surface area (TPSA) is 84.8 Å². The van der Waals surface area contributed by atoms with Crippen molar-refractivity contribution in [3.05, 3.63) is 42.1 Å². The van der Waals surface area contributed by atoms with Gasteiger partial charge < -0.3 is 10.5 Å². The Labute approximate surface area is 96.3 Å².